The molecule has 1 aliphatic rings. The monoisotopic (exact) mass is 323 g/mol. The topological polar surface area (TPSA) is 88.5 Å². The summed E-state index contributed by atoms with van der Waals surface area (Å²) in [7, 11) is 0. The van der Waals surface area contributed by atoms with Gasteiger partial charge in [0.2, 0.25) is 0 Å². The molecule has 0 radical (unpaired) electrons. The number of aromatic nitrogens is 2. The fourth-order valence-corrected chi connectivity index (χ4v) is 3.31. The SMILES string of the molecule is [C-]#[N+]C1C(CCC)=Nc2[nH]ncc2C1c1cccc(C)c1[N+](=O)[O-]. The van der Waals surface area contributed by atoms with Crippen molar-refractivity contribution in [1.29, 1.82) is 0 Å². The predicted octanol–water partition coefficient (Wildman–Crippen LogP) is 3.93. The lowest BCUT2D eigenvalue weighted by molar-refractivity contribution is -0.386. The summed E-state index contributed by atoms with van der Waals surface area (Å²) in [4.78, 5) is 19.6. The second kappa shape index (κ2) is 6.24. The number of rotatable bonds is 4. The highest BCUT2D eigenvalue weighted by Crippen LogP contribution is 2.43. The number of hydrogen-bond acceptors (Lipinski definition) is 4. The largest absolute Gasteiger partial charge is 0.306 e. The molecule has 0 amide bonds. The second-order valence-electron chi connectivity index (χ2n) is 5.85. The van der Waals surface area contributed by atoms with Gasteiger partial charge in [-0.05, 0) is 13.3 Å². The van der Waals surface area contributed by atoms with Crippen LogP contribution in [-0.2, 0) is 0 Å². The Morgan fingerprint density at radius 3 is 2.88 bits per heavy atom. The average molecular weight is 323 g/mol. The Kier molecular flexibility index (Phi) is 4.13. The first-order valence-electron chi connectivity index (χ1n) is 7.79. The van der Waals surface area contributed by atoms with Gasteiger partial charge in [-0.25, -0.2) is 11.6 Å². The van der Waals surface area contributed by atoms with Gasteiger partial charge >= 0.3 is 0 Å². The van der Waals surface area contributed by atoms with Crippen molar-refractivity contribution >= 4 is 17.2 Å². The molecule has 2 atom stereocenters. The number of para-hydroxylation sites is 1. The van der Waals surface area contributed by atoms with E-state index in [2.05, 4.69) is 20.0 Å². The molecule has 0 bridgehead atoms. The zero-order chi connectivity index (χ0) is 17.3. The number of aromatic amines is 1. The van der Waals surface area contributed by atoms with Crippen LogP contribution in [0.3, 0.4) is 0 Å². The van der Waals surface area contributed by atoms with Crippen LogP contribution in [0.1, 0.15) is 42.4 Å². The molecule has 1 aliphatic heterocycles. The molecule has 0 fully saturated rings. The maximum Gasteiger partial charge on any atom is 0.276 e. The molecular weight excluding hydrogens is 306 g/mol. The number of H-pyrrole nitrogens is 1. The van der Waals surface area contributed by atoms with Crippen molar-refractivity contribution in [3.05, 3.63) is 62.6 Å². The molecule has 24 heavy (non-hydrogen) atoms. The van der Waals surface area contributed by atoms with Crippen molar-refractivity contribution in [2.45, 2.75) is 38.6 Å². The maximum atomic E-state index is 11.6. The van der Waals surface area contributed by atoms with Gasteiger partial charge in [0.1, 0.15) is 11.6 Å². The van der Waals surface area contributed by atoms with Crippen molar-refractivity contribution in [3.8, 4) is 0 Å². The van der Waals surface area contributed by atoms with E-state index in [0.717, 1.165) is 17.7 Å². The molecule has 122 valence electrons. The number of aryl methyl sites for hydroxylation is 1. The minimum Gasteiger partial charge on any atom is -0.306 e. The second-order valence-corrected chi connectivity index (χ2v) is 5.85. The number of aliphatic imine (C=N–C) groups is 1. The van der Waals surface area contributed by atoms with E-state index in [9.17, 15) is 10.1 Å². The summed E-state index contributed by atoms with van der Waals surface area (Å²) in [5.74, 6) is 0.162. The van der Waals surface area contributed by atoms with E-state index in [-0.39, 0.29) is 10.6 Å². The van der Waals surface area contributed by atoms with Crippen LogP contribution in [0.15, 0.2) is 29.4 Å². The number of nitrogens with zero attached hydrogens (tertiary/aromatic N) is 4. The Morgan fingerprint density at radius 1 is 1.42 bits per heavy atom. The van der Waals surface area contributed by atoms with E-state index in [1.807, 2.05) is 6.92 Å². The van der Waals surface area contributed by atoms with E-state index < -0.39 is 12.0 Å². The number of benzene rings is 1. The van der Waals surface area contributed by atoms with Crippen LogP contribution in [0.25, 0.3) is 4.85 Å². The molecule has 1 N–H and O–H groups in total. The number of hydrogen-bond donors (Lipinski definition) is 1. The van der Waals surface area contributed by atoms with Gasteiger partial charge in [-0.15, -0.1) is 0 Å². The van der Waals surface area contributed by atoms with Crippen LogP contribution in [0.5, 0.6) is 0 Å². The Hall–Kier alpha value is -3.01. The maximum absolute atomic E-state index is 11.6. The zero-order valence-corrected chi connectivity index (χ0v) is 13.5. The highest BCUT2D eigenvalue weighted by Gasteiger charge is 2.43. The van der Waals surface area contributed by atoms with Crippen LogP contribution in [0, 0.1) is 23.6 Å². The molecule has 0 saturated carbocycles. The third-order valence-electron chi connectivity index (χ3n) is 4.33. The van der Waals surface area contributed by atoms with E-state index in [4.69, 9.17) is 6.57 Å². The van der Waals surface area contributed by atoms with Crippen LogP contribution in [0.2, 0.25) is 0 Å². The summed E-state index contributed by atoms with van der Waals surface area (Å²) in [6.07, 6.45) is 3.16. The van der Waals surface area contributed by atoms with Crippen LogP contribution >= 0.6 is 0 Å². The molecule has 0 saturated heterocycles. The zero-order valence-electron chi connectivity index (χ0n) is 13.5. The van der Waals surface area contributed by atoms with E-state index in [1.54, 1.807) is 31.3 Å². The Morgan fingerprint density at radius 2 is 2.21 bits per heavy atom. The summed E-state index contributed by atoms with van der Waals surface area (Å²) in [6, 6.07) is 4.70. The summed E-state index contributed by atoms with van der Waals surface area (Å²) < 4.78 is 0. The normalized spacial score (nSPS) is 19.3. The molecule has 3 rings (SSSR count). The fraction of sp³-hybridized carbons (Fsp3) is 0.353. The molecule has 1 aromatic heterocycles. The Labute approximate surface area is 139 Å². The lowest BCUT2D eigenvalue weighted by Crippen LogP contribution is -2.29. The first-order valence-corrected chi connectivity index (χ1v) is 7.79. The van der Waals surface area contributed by atoms with E-state index in [1.165, 1.54) is 0 Å². The van der Waals surface area contributed by atoms with Gasteiger partial charge in [-0.3, -0.25) is 15.2 Å². The summed E-state index contributed by atoms with van der Waals surface area (Å²) >= 11 is 0. The third kappa shape index (κ3) is 2.46. The molecule has 7 nitrogen and oxygen atoms in total. The first-order chi connectivity index (χ1) is 11.6. The van der Waals surface area contributed by atoms with Crippen molar-refractivity contribution < 1.29 is 4.92 Å². The van der Waals surface area contributed by atoms with Gasteiger partial charge in [0.25, 0.3) is 11.7 Å². The fourth-order valence-electron chi connectivity index (χ4n) is 3.31. The predicted molar refractivity (Wildman–Crippen MR) is 90.7 cm³/mol. The van der Waals surface area contributed by atoms with Gasteiger partial charge in [0, 0.05) is 16.7 Å². The quantitative estimate of drug-likeness (QED) is 0.525. The lowest BCUT2D eigenvalue weighted by atomic mass is 9.80. The minimum atomic E-state index is -0.546. The van der Waals surface area contributed by atoms with Gasteiger partial charge in [0.05, 0.1) is 11.1 Å². The van der Waals surface area contributed by atoms with Crippen LogP contribution < -0.4 is 0 Å². The van der Waals surface area contributed by atoms with Crippen LogP contribution in [0.4, 0.5) is 11.5 Å². The van der Waals surface area contributed by atoms with E-state index >= 15 is 0 Å². The van der Waals surface area contributed by atoms with Crippen molar-refractivity contribution in [2.24, 2.45) is 4.99 Å². The van der Waals surface area contributed by atoms with Gasteiger partial charge in [-0.2, -0.15) is 5.10 Å². The Bertz CT molecular complexity index is 862. The van der Waals surface area contributed by atoms with E-state index in [0.29, 0.717) is 23.4 Å². The molecular formula is C17H17N5O2. The average Bonchev–Trinajstić information content (AvgIpc) is 3.01. The van der Waals surface area contributed by atoms with Crippen LogP contribution in [-0.4, -0.2) is 26.9 Å². The first kappa shape index (κ1) is 15.9. The van der Waals surface area contributed by atoms with Gasteiger partial charge in [0.15, 0.2) is 5.82 Å². The number of nitro benzene ring substituents is 1. The molecule has 2 heterocycles. The third-order valence-corrected chi connectivity index (χ3v) is 4.33. The molecule has 2 aromatic rings. The number of nitro groups is 1. The summed E-state index contributed by atoms with van der Waals surface area (Å²) in [5.41, 5.74) is 2.70. The van der Waals surface area contributed by atoms with Crippen molar-refractivity contribution in [3.63, 3.8) is 0 Å². The van der Waals surface area contributed by atoms with Gasteiger partial charge in [-0.1, -0.05) is 31.5 Å². The lowest BCUT2D eigenvalue weighted by Gasteiger charge is -2.24. The molecule has 1 aromatic carbocycles. The van der Waals surface area contributed by atoms with Crippen molar-refractivity contribution in [2.75, 3.05) is 0 Å². The summed E-state index contributed by atoms with van der Waals surface area (Å²) in [6.45, 7) is 11.4. The molecule has 0 aliphatic carbocycles. The van der Waals surface area contributed by atoms with Gasteiger partial charge < -0.3 is 4.85 Å². The Balaban J connectivity index is 2.24. The summed E-state index contributed by atoms with van der Waals surface area (Å²) in [5, 5.41) is 18.5. The smallest absolute Gasteiger partial charge is 0.276 e. The minimum absolute atomic E-state index is 0.0704. The highest BCUT2D eigenvalue weighted by atomic mass is 16.6. The standard InChI is InChI=1S/C17H17N5O2/c1-4-6-13-15(18-3)14(12-9-19-21-17(12)20-13)11-8-5-7-10(2)16(11)22(23)24/h5,7-9,14-15H,4,6H2,1-2H3,(H,19,21). The van der Waals surface area contributed by atoms with Crippen molar-refractivity contribution in [1.82, 2.24) is 10.2 Å². The molecule has 2 unspecified atom stereocenters. The molecule has 7 heteroatoms. The highest BCUT2D eigenvalue weighted by molar-refractivity contribution is 5.96. The molecule has 0 spiro atoms. The number of fused-ring (bicyclic) bond motifs is 1. The number of nitrogens with one attached hydrogen (secondary N) is 1.